The van der Waals surface area contributed by atoms with Crippen LogP contribution in [0.5, 0.6) is 0 Å². The maximum absolute atomic E-state index is 11.7. The smallest absolute Gasteiger partial charge is 0.347 e. The van der Waals surface area contributed by atoms with Crippen molar-refractivity contribution in [1.82, 2.24) is 19.9 Å². The third kappa shape index (κ3) is 6.73. The van der Waals surface area contributed by atoms with Crippen molar-refractivity contribution in [3.8, 4) is 0 Å². The highest BCUT2D eigenvalue weighted by Gasteiger charge is 2.23. The molecule has 1 aliphatic rings. The number of hydrogen-bond acceptors (Lipinski definition) is 11. The SMILES string of the molecule is Cc1nc(Nc2nc(NCc3ccc(S(C)(=O)=O)cc3)cc(N3CCC(N(C)C)CC3)n2)sc1C(=O)O. The van der Waals surface area contributed by atoms with Crippen molar-refractivity contribution in [2.24, 2.45) is 0 Å². The first-order chi connectivity index (χ1) is 17.5. The summed E-state index contributed by atoms with van der Waals surface area (Å²) < 4.78 is 23.5. The van der Waals surface area contributed by atoms with Gasteiger partial charge < -0.3 is 20.2 Å². The van der Waals surface area contributed by atoms with E-state index in [1.165, 1.54) is 6.26 Å². The lowest BCUT2D eigenvalue weighted by atomic mass is 10.0. The number of aromatic carboxylic acids is 1. The van der Waals surface area contributed by atoms with Gasteiger partial charge in [-0.25, -0.2) is 18.2 Å². The molecule has 1 aliphatic heterocycles. The molecule has 0 amide bonds. The van der Waals surface area contributed by atoms with E-state index in [4.69, 9.17) is 4.98 Å². The van der Waals surface area contributed by atoms with Gasteiger partial charge in [-0.1, -0.05) is 23.5 Å². The predicted molar refractivity (Wildman–Crippen MR) is 145 cm³/mol. The maximum Gasteiger partial charge on any atom is 0.347 e. The van der Waals surface area contributed by atoms with Gasteiger partial charge in [-0.15, -0.1) is 0 Å². The quantitative estimate of drug-likeness (QED) is 0.365. The molecule has 11 nitrogen and oxygen atoms in total. The Morgan fingerprint density at radius 1 is 1.16 bits per heavy atom. The van der Waals surface area contributed by atoms with Gasteiger partial charge in [0.15, 0.2) is 15.0 Å². The number of aromatic nitrogens is 3. The van der Waals surface area contributed by atoms with Crippen LogP contribution < -0.4 is 15.5 Å². The molecule has 0 spiro atoms. The summed E-state index contributed by atoms with van der Waals surface area (Å²) in [5.41, 5.74) is 1.33. The van der Waals surface area contributed by atoms with E-state index in [9.17, 15) is 18.3 Å². The average molecular weight is 546 g/mol. The van der Waals surface area contributed by atoms with Gasteiger partial charge >= 0.3 is 5.97 Å². The Morgan fingerprint density at radius 3 is 2.41 bits per heavy atom. The van der Waals surface area contributed by atoms with E-state index in [0.717, 1.165) is 48.6 Å². The Bertz CT molecular complexity index is 1370. The third-order valence-corrected chi connectivity index (χ3v) is 8.46. The number of hydrogen-bond donors (Lipinski definition) is 3. The summed E-state index contributed by atoms with van der Waals surface area (Å²) in [6.45, 7) is 3.79. The largest absolute Gasteiger partial charge is 0.477 e. The number of aryl methyl sites for hydroxylation is 1. The van der Waals surface area contributed by atoms with Crippen molar-refractivity contribution in [1.29, 1.82) is 0 Å². The molecule has 0 radical (unpaired) electrons. The van der Waals surface area contributed by atoms with Crippen LogP contribution in [0.4, 0.5) is 22.7 Å². The van der Waals surface area contributed by atoms with Crippen LogP contribution in [0.3, 0.4) is 0 Å². The highest BCUT2D eigenvalue weighted by atomic mass is 32.2. The van der Waals surface area contributed by atoms with E-state index < -0.39 is 15.8 Å². The standard InChI is InChI=1S/C24H31N7O4S2/c1-15-21(22(32)33)36-24(26-15)29-23-27-19(25-14-16-5-7-18(8-6-16)37(4,34)35)13-20(28-23)31-11-9-17(10-12-31)30(2)3/h5-8,13,17H,9-12,14H2,1-4H3,(H,32,33)(H2,25,26,27,28,29). The van der Waals surface area contributed by atoms with Crippen LogP contribution in [0, 0.1) is 6.92 Å². The number of carbonyl (C=O) groups is 1. The summed E-state index contributed by atoms with van der Waals surface area (Å²) in [5.74, 6) is 0.635. The fourth-order valence-electron chi connectivity index (χ4n) is 4.15. The second kappa shape index (κ2) is 11.0. The van der Waals surface area contributed by atoms with Crippen molar-refractivity contribution in [3.05, 3.63) is 46.5 Å². The molecule has 0 unspecified atom stereocenters. The van der Waals surface area contributed by atoms with Gasteiger partial charge in [0, 0.05) is 38.0 Å². The molecule has 3 aromatic rings. The molecule has 0 saturated carbocycles. The molecule has 0 atom stereocenters. The van der Waals surface area contributed by atoms with Crippen LogP contribution in [0.15, 0.2) is 35.2 Å². The lowest BCUT2D eigenvalue weighted by Crippen LogP contribution is -2.42. The number of nitrogens with zero attached hydrogens (tertiary/aromatic N) is 5. The van der Waals surface area contributed by atoms with Crippen molar-refractivity contribution < 1.29 is 18.3 Å². The van der Waals surface area contributed by atoms with Crippen molar-refractivity contribution in [3.63, 3.8) is 0 Å². The van der Waals surface area contributed by atoms with Gasteiger partial charge in [0.05, 0.1) is 10.6 Å². The molecule has 0 bridgehead atoms. The highest BCUT2D eigenvalue weighted by molar-refractivity contribution is 7.90. The maximum atomic E-state index is 11.7. The lowest BCUT2D eigenvalue weighted by molar-refractivity contribution is 0.0701. The van der Waals surface area contributed by atoms with Gasteiger partial charge in [0.2, 0.25) is 5.95 Å². The van der Waals surface area contributed by atoms with E-state index in [2.05, 4.69) is 44.5 Å². The van der Waals surface area contributed by atoms with E-state index in [0.29, 0.717) is 35.2 Å². The molecule has 37 heavy (non-hydrogen) atoms. The number of nitrogens with one attached hydrogen (secondary N) is 2. The minimum atomic E-state index is -3.26. The van der Waals surface area contributed by atoms with Crippen molar-refractivity contribution in [2.75, 3.05) is 49.0 Å². The minimum Gasteiger partial charge on any atom is -0.477 e. The Kier molecular flexibility index (Phi) is 7.95. The third-order valence-electron chi connectivity index (χ3n) is 6.27. The predicted octanol–water partition coefficient (Wildman–Crippen LogP) is 3.23. The number of rotatable bonds is 9. The zero-order valence-corrected chi connectivity index (χ0v) is 22.9. The van der Waals surface area contributed by atoms with Gasteiger partial charge in [-0.3, -0.25) is 5.32 Å². The molecule has 1 aromatic carbocycles. The summed E-state index contributed by atoms with van der Waals surface area (Å²) in [6.07, 6.45) is 3.22. The molecular weight excluding hydrogens is 514 g/mol. The van der Waals surface area contributed by atoms with Gasteiger partial charge in [0.1, 0.15) is 16.5 Å². The van der Waals surface area contributed by atoms with E-state index in [1.54, 1.807) is 31.2 Å². The van der Waals surface area contributed by atoms with E-state index in [1.807, 2.05) is 6.07 Å². The van der Waals surface area contributed by atoms with Crippen molar-refractivity contribution >= 4 is 49.9 Å². The Balaban J connectivity index is 1.56. The molecule has 1 fully saturated rings. The first-order valence-corrected chi connectivity index (χ1v) is 14.5. The minimum absolute atomic E-state index is 0.167. The lowest BCUT2D eigenvalue weighted by Gasteiger charge is -2.36. The van der Waals surface area contributed by atoms with Crippen molar-refractivity contribution in [2.45, 2.75) is 37.2 Å². The Morgan fingerprint density at radius 2 is 1.84 bits per heavy atom. The van der Waals surface area contributed by atoms with Crippen LogP contribution in [0.1, 0.15) is 33.8 Å². The van der Waals surface area contributed by atoms with Gasteiger partial charge in [0.25, 0.3) is 0 Å². The summed E-state index contributed by atoms with van der Waals surface area (Å²) in [7, 11) is 0.936. The summed E-state index contributed by atoms with van der Waals surface area (Å²) in [5, 5.41) is 16.1. The molecular formula is C24H31N7O4S2. The van der Waals surface area contributed by atoms with Gasteiger partial charge in [-0.05, 0) is 51.6 Å². The van der Waals surface area contributed by atoms with Crippen LogP contribution in [-0.4, -0.2) is 78.8 Å². The first-order valence-electron chi connectivity index (χ1n) is 11.8. The zero-order valence-electron chi connectivity index (χ0n) is 21.2. The molecule has 3 N–H and O–H groups in total. The summed E-state index contributed by atoms with van der Waals surface area (Å²) in [4.78, 5) is 29.9. The molecule has 3 heterocycles. The number of anilines is 4. The number of benzene rings is 1. The van der Waals surface area contributed by atoms with Crippen LogP contribution in [-0.2, 0) is 16.4 Å². The monoisotopic (exact) mass is 545 g/mol. The van der Waals surface area contributed by atoms with Gasteiger partial charge in [-0.2, -0.15) is 9.97 Å². The molecule has 2 aromatic heterocycles. The topological polar surface area (TPSA) is 141 Å². The fourth-order valence-corrected chi connectivity index (χ4v) is 5.57. The average Bonchev–Trinajstić information content (AvgIpc) is 3.22. The summed E-state index contributed by atoms with van der Waals surface area (Å²) >= 11 is 1.04. The normalized spacial score (nSPS) is 14.7. The van der Waals surface area contributed by atoms with Crippen LogP contribution in [0.25, 0.3) is 0 Å². The number of carboxylic acid groups (broad SMARTS) is 1. The molecule has 4 rings (SSSR count). The van der Waals surface area contributed by atoms with Crippen LogP contribution in [0.2, 0.25) is 0 Å². The highest BCUT2D eigenvalue weighted by Crippen LogP contribution is 2.28. The molecule has 1 saturated heterocycles. The Labute approximate surface area is 220 Å². The molecule has 0 aliphatic carbocycles. The zero-order chi connectivity index (χ0) is 26.7. The Hall–Kier alpha value is -3.29. The van der Waals surface area contributed by atoms with Crippen LogP contribution >= 0.6 is 11.3 Å². The second-order valence-electron chi connectivity index (χ2n) is 9.25. The molecule has 198 valence electrons. The van der Waals surface area contributed by atoms with E-state index in [-0.39, 0.29) is 9.77 Å². The number of thiazole rings is 1. The number of piperidine rings is 1. The second-order valence-corrected chi connectivity index (χ2v) is 12.3. The molecule has 13 heteroatoms. The summed E-state index contributed by atoms with van der Waals surface area (Å²) in [6, 6.07) is 9.12. The fraction of sp³-hybridized carbons (Fsp3) is 0.417. The van der Waals surface area contributed by atoms with E-state index >= 15 is 0 Å². The number of carboxylic acids is 1. The first kappa shape index (κ1) is 26.8. The number of sulfone groups is 1.